The Kier molecular flexibility index (Phi) is 5.90. The Hall–Kier alpha value is -2.99. The van der Waals surface area contributed by atoms with Gasteiger partial charge in [0.2, 0.25) is 0 Å². The van der Waals surface area contributed by atoms with E-state index in [2.05, 4.69) is 15.9 Å². The largest absolute Gasteiger partial charge is 0.453 e. The summed E-state index contributed by atoms with van der Waals surface area (Å²) < 4.78 is 33.2. The molecule has 2 aromatic carbocycles. The van der Waals surface area contributed by atoms with Gasteiger partial charge in [-0.1, -0.05) is 0 Å². The van der Waals surface area contributed by atoms with Crippen molar-refractivity contribution >= 4 is 27.7 Å². The first kappa shape index (κ1) is 19.3. The van der Waals surface area contributed by atoms with Crippen molar-refractivity contribution in [2.24, 2.45) is 0 Å². The zero-order valence-corrected chi connectivity index (χ0v) is 15.3. The maximum Gasteiger partial charge on any atom is 0.280 e. The zero-order chi connectivity index (χ0) is 19.4. The maximum absolute atomic E-state index is 14.4. The molecule has 2 rings (SSSR count). The summed E-state index contributed by atoms with van der Waals surface area (Å²) >= 11 is 3.13. The number of nitro groups is 1. The molecular formula is C17H12BrF2N3O3. The molecule has 0 radical (unpaired) electrons. The van der Waals surface area contributed by atoms with Gasteiger partial charge in [-0.3, -0.25) is 10.1 Å². The van der Waals surface area contributed by atoms with Gasteiger partial charge in [0.25, 0.3) is 5.69 Å². The van der Waals surface area contributed by atoms with Gasteiger partial charge >= 0.3 is 0 Å². The van der Waals surface area contributed by atoms with Crippen molar-refractivity contribution in [3.8, 4) is 17.6 Å². The summed E-state index contributed by atoms with van der Waals surface area (Å²) in [6, 6.07) is 5.73. The molecule has 0 aromatic heterocycles. The number of hydrogen-bond acceptors (Lipinski definition) is 5. The van der Waals surface area contributed by atoms with E-state index in [4.69, 9.17) is 10.00 Å². The van der Waals surface area contributed by atoms with Gasteiger partial charge in [-0.2, -0.15) is 5.26 Å². The second-order valence-corrected chi connectivity index (χ2v) is 6.12. The molecule has 0 unspecified atom stereocenters. The van der Waals surface area contributed by atoms with Crippen LogP contribution in [-0.2, 0) is 0 Å². The SMILES string of the molecule is CN(C)/C=C/c1c([N+](=O)[O-])cc(F)c(Oc2ccc(F)c(C#N)c2)c1Br. The van der Waals surface area contributed by atoms with Crippen molar-refractivity contribution in [3.05, 3.63) is 67.8 Å². The van der Waals surface area contributed by atoms with Crippen LogP contribution in [0.5, 0.6) is 11.5 Å². The molecule has 0 saturated carbocycles. The molecule has 0 aliphatic carbocycles. The summed E-state index contributed by atoms with van der Waals surface area (Å²) in [5.41, 5.74) is -0.618. The van der Waals surface area contributed by atoms with Gasteiger partial charge in [0, 0.05) is 20.2 Å². The Morgan fingerprint density at radius 1 is 1.31 bits per heavy atom. The summed E-state index contributed by atoms with van der Waals surface area (Å²) in [5.74, 6) is -2.02. The molecule has 2 aromatic rings. The van der Waals surface area contributed by atoms with Crippen molar-refractivity contribution < 1.29 is 18.4 Å². The molecule has 134 valence electrons. The van der Waals surface area contributed by atoms with Gasteiger partial charge in [0.15, 0.2) is 11.6 Å². The van der Waals surface area contributed by atoms with Crippen LogP contribution < -0.4 is 4.74 Å². The van der Waals surface area contributed by atoms with Crippen molar-refractivity contribution in [3.63, 3.8) is 0 Å². The highest BCUT2D eigenvalue weighted by atomic mass is 79.9. The number of hydrogen-bond donors (Lipinski definition) is 0. The van der Waals surface area contributed by atoms with Gasteiger partial charge < -0.3 is 9.64 Å². The molecule has 0 saturated heterocycles. The lowest BCUT2D eigenvalue weighted by Crippen LogP contribution is -2.02. The molecule has 0 atom stereocenters. The van der Waals surface area contributed by atoms with Gasteiger partial charge in [0.1, 0.15) is 17.6 Å². The van der Waals surface area contributed by atoms with E-state index in [-0.39, 0.29) is 27.1 Å². The van der Waals surface area contributed by atoms with E-state index in [9.17, 15) is 18.9 Å². The highest BCUT2D eigenvalue weighted by molar-refractivity contribution is 9.10. The van der Waals surface area contributed by atoms with Crippen molar-refractivity contribution in [2.75, 3.05) is 14.1 Å². The summed E-state index contributed by atoms with van der Waals surface area (Å²) in [7, 11) is 3.44. The summed E-state index contributed by atoms with van der Waals surface area (Å²) in [6.45, 7) is 0. The molecule has 9 heteroatoms. The number of nitriles is 1. The highest BCUT2D eigenvalue weighted by Crippen LogP contribution is 2.40. The molecule has 0 fully saturated rings. The fourth-order valence-electron chi connectivity index (χ4n) is 2.00. The minimum absolute atomic E-state index is 0.0129. The minimum atomic E-state index is -0.978. The first-order valence-electron chi connectivity index (χ1n) is 7.13. The Morgan fingerprint density at radius 3 is 2.58 bits per heavy atom. The fraction of sp³-hybridized carbons (Fsp3) is 0.118. The molecule has 0 spiro atoms. The quantitative estimate of drug-likeness (QED) is 0.508. The van der Waals surface area contributed by atoms with Gasteiger partial charge in [-0.15, -0.1) is 0 Å². The summed E-state index contributed by atoms with van der Waals surface area (Å²) in [4.78, 5) is 12.2. The van der Waals surface area contributed by atoms with E-state index >= 15 is 0 Å². The lowest BCUT2D eigenvalue weighted by Gasteiger charge is -2.12. The maximum atomic E-state index is 14.4. The molecule has 0 amide bonds. The van der Waals surface area contributed by atoms with E-state index in [0.717, 1.165) is 18.2 Å². The van der Waals surface area contributed by atoms with E-state index in [0.29, 0.717) is 0 Å². The molecule has 26 heavy (non-hydrogen) atoms. The molecule has 6 nitrogen and oxygen atoms in total. The molecule has 0 aliphatic heterocycles. The van der Waals surface area contributed by atoms with E-state index in [1.165, 1.54) is 12.1 Å². The minimum Gasteiger partial charge on any atom is -0.453 e. The number of nitrogens with zero attached hydrogens (tertiary/aromatic N) is 3. The van der Waals surface area contributed by atoms with Gasteiger partial charge in [-0.25, -0.2) is 8.78 Å². The second-order valence-electron chi connectivity index (χ2n) is 5.33. The lowest BCUT2D eigenvalue weighted by atomic mass is 10.1. The molecule has 0 bridgehead atoms. The molecular weight excluding hydrogens is 412 g/mol. The number of nitro benzene ring substituents is 1. The first-order valence-corrected chi connectivity index (χ1v) is 7.92. The average Bonchev–Trinajstić information content (AvgIpc) is 2.58. The predicted octanol–water partition coefficient (Wildman–Crippen LogP) is 4.83. The third kappa shape index (κ3) is 4.15. The van der Waals surface area contributed by atoms with E-state index in [1.807, 2.05) is 0 Å². The molecule has 0 aliphatic rings. The van der Waals surface area contributed by atoms with Gasteiger partial charge in [-0.05, 0) is 40.3 Å². The number of halogens is 3. The van der Waals surface area contributed by atoms with Crippen LogP contribution in [0.3, 0.4) is 0 Å². The van der Waals surface area contributed by atoms with E-state index < -0.39 is 22.2 Å². The van der Waals surface area contributed by atoms with Crippen LogP contribution >= 0.6 is 15.9 Å². The Balaban J connectivity index is 2.57. The Bertz CT molecular complexity index is 940. The van der Waals surface area contributed by atoms with Crippen LogP contribution in [0.1, 0.15) is 11.1 Å². The highest BCUT2D eigenvalue weighted by Gasteiger charge is 2.24. The topological polar surface area (TPSA) is 79.4 Å². The Morgan fingerprint density at radius 2 is 2.00 bits per heavy atom. The predicted molar refractivity (Wildman–Crippen MR) is 94.7 cm³/mol. The van der Waals surface area contributed by atoms with Crippen molar-refractivity contribution in [1.29, 1.82) is 5.26 Å². The van der Waals surface area contributed by atoms with Crippen LogP contribution in [0, 0.1) is 33.1 Å². The van der Waals surface area contributed by atoms with Crippen LogP contribution in [0.25, 0.3) is 6.08 Å². The number of ether oxygens (including phenoxy) is 1. The monoisotopic (exact) mass is 423 g/mol. The van der Waals surface area contributed by atoms with Crippen LogP contribution in [0.4, 0.5) is 14.5 Å². The third-order valence-electron chi connectivity index (χ3n) is 3.21. The molecule has 0 heterocycles. The lowest BCUT2D eigenvalue weighted by molar-refractivity contribution is -0.385. The van der Waals surface area contributed by atoms with Crippen LogP contribution in [-0.4, -0.2) is 23.9 Å². The van der Waals surface area contributed by atoms with Crippen molar-refractivity contribution in [1.82, 2.24) is 4.90 Å². The zero-order valence-electron chi connectivity index (χ0n) is 13.7. The number of rotatable bonds is 5. The molecule has 0 N–H and O–H groups in total. The second kappa shape index (κ2) is 7.93. The van der Waals surface area contributed by atoms with E-state index in [1.54, 1.807) is 31.3 Å². The standard InChI is InChI=1S/C17H12BrF2N3O3/c1-22(2)6-5-12-15(23(24)25)8-14(20)17(16(12)18)26-11-3-4-13(19)10(7-11)9-21/h3-8H,1-2H3/b6-5+. The van der Waals surface area contributed by atoms with Crippen molar-refractivity contribution in [2.45, 2.75) is 0 Å². The third-order valence-corrected chi connectivity index (χ3v) is 3.99. The smallest absolute Gasteiger partial charge is 0.280 e. The van der Waals surface area contributed by atoms with Crippen LogP contribution in [0.15, 0.2) is 34.9 Å². The normalized spacial score (nSPS) is 10.6. The Labute approximate surface area is 156 Å². The fourth-order valence-corrected chi connectivity index (χ4v) is 2.61. The summed E-state index contributed by atoms with van der Waals surface area (Å²) in [5, 5.41) is 20.1. The number of benzene rings is 2. The van der Waals surface area contributed by atoms with Crippen LogP contribution in [0.2, 0.25) is 0 Å². The summed E-state index contributed by atoms with van der Waals surface area (Å²) in [6.07, 6.45) is 2.99. The average molecular weight is 424 g/mol. The first-order chi connectivity index (χ1) is 12.2. The van der Waals surface area contributed by atoms with Gasteiger partial charge in [0.05, 0.1) is 26.6 Å².